The smallest absolute Gasteiger partial charge is 0.0131 e. The second-order valence-electron chi connectivity index (χ2n) is 13.3. The summed E-state index contributed by atoms with van der Waals surface area (Å²) < 4.78 is 0. The zero-order chi connectivity index (χ0) is 28.7. The fourth-order valence-electron chi connectivity index (χ4n) is 8.43. The number of rotatable bonds is 2. The molecule has 5 aromatic rings. The molecule has 43 heavy (non-hydrogen) atoms. The van der Waals surface area contributed by atoms with Crippen molar-refractivity contribution in [3.05, 3.63) is 167 Å². The normalized spacial score (nSPS) is 24.0. The van der Waals surface area contributed by atoms with Crippen LogP contribution in [0.4, 0.5) is 0 Å². The van der Waals surface area contributed by atoms with Crippen LogP contribution in [0, 0.1) is 11.8 Å². The van der Waals surface area contributed by atoms with Gasteiger partial charge in [0.25, 0.3) is 0 Å². The van der Waals surface area contributed by atoms with E-state index in [-0.39, 0.29) is 5.41 Å². The highest BCUT2D eigenvalue weighted by Crippen LogP contribution is 2.55. The van der Waals surface area contributed by atoms with E-state index in [9.17, 15) is 0 Å². The maximum absolute atomic E-state index is 2.59. The second-order valence-corrected chi connectivity index (χ2v) is 13.3. The highest BCUT2D eigenvalue weighted by atomic mass is 14.5. The van der Waals surface area contributed by atoms with Crippen molar-refractivity contribution in [1.82, 2.24) is 0 Å². The van der Waals surface area contributed by atoms with Crippen molar-refractivity contribution in [2.24, 2.45) is 11.8 Å². The SMILES string of the molecule is CC1(C)c2cc(-c3ccc4ccccc4c3)ccc2C2C=CC(c3cc4c(c5ccccc35)C3C=CC=CC3C=C4)=CC21. The minimum absolute atomic E-state index is 0.0270. The molecule has 4 aliphatic carbocycles. The molecule has 0 aliphatic heterocycles. The number of hydrogen-bond donors (Lipinski definition) is 0. The van der Waals surface area contributed by atoms with Crippen molar-refractivity contribution in [2.75, 3.05) is 0 Å². The Morgan fingerprint density at radius 1 is 0.605 bits per heavy atom. The van der Waals surface area contributed by atoms with E-state index in [0.29, 0.717) is 23.7 Å². The van der Waals surface area contributed by atoms with E-state index in [4.69, 9.17) is 0 Å². The first kappa shape index (κ1) is 24.9. The minimum Gasteiger partial charge on any atom is -0.0767 e. The lowest BCUT2D eigenvalue weighted by atomic mass is 9.71. The quantitative estimate of drug-likeness (QED) is 0.205. The van der Waals surface area contributed by atoms with Gasteiger partial charge in [-0.05, 0) is 89.5 Å². The molecule has 0 bridgehead atoms. The molecule has 0 heterocycles. The summed E-state index contributed by atoms with van der Waals surface area (Å²) in [5.41, 5.74) is 11.1. The molecule has 9 rings (SSSR count). The molecule has 0 N–H and O–H groups in total. The van der Waals surface area contributed by atoms with Crippen LogP contribution in [0.5, 0.6) is 0 Å². The molecule has 4 atom stereocenters. The van der Waals surface area contributed by atoms with Crippen LogP contribution in [0.1, 0.15) is 53.5 Å². The Bertz CT molecular complexity index is 2130. The molecule has 0 fully saturated rings. The van der Waals surface area contributed by atoms with Crippen molar-refractivity contribution in [3.63, 3.8) is 0 Å². The number of hydrogen-bond acceptors (Lipinski definition) is 0. The number of benzene rings is 5. The predicted octanol–water partition coefficient (Wildman–Crippen LogP) is 11.2. The summed E-state index contributed by atoms with van der Waals surface area (Å²) in [6.07, 6.45) is 21.3. The third-order valence-corrected chi connectivity index (χ3v) is 10.7. The molecule has 5 aromatic carbocycles. The summed E-state index contributed by atoms with van der Waals surface area (Å²) in [6.45, 7) is 4.90. The molecule has 4 aliphatic rings. The Hall–Kier alpha value is -4.68. The number of fused-ring (bicyclic) bond motifs is 9. The van der Waals surface area contributed by atoms with Crippen molar-refractivity contribution >= 4 is 33.2 Å². The van der Waals surface area contributed by atoms with Gasteiger partial charge in [0.15, 0.2) is 0 Å². The van der Waals surface area contributed by atoms with E-state index in [0.717, 1.165) is 0 Å². The van der Waals surface area contributed by atoms with Gasteiger partial charge in [-0.15, -0.1) is 0 Å². The van der Waals surface area contributed by atoms with Crippen molar-refractivity contribution in [1.29, 1.82) is 0 Å². The molecule has 0 radical (unpaired) electrons. The fourth-order valence-corrected chi connectivity index (χ4v) is 8.43. The van der Waals surface area contributed by atoms with Crippen LogP contribution in [0.15, 0.2) is 140 Å². The van der Waals surface area contributed by atoms with Gasteiger partial charge in [0.2, 0.25) is 0 Å². The molecular weight excluding hydrogens is 516 g/mol. The largest absolute Gasteiger partial charge is 0.0767 e. The molecular formula is C43H34. The van der Waals surface area contributed by atoms with E-state index >= 15 is 0 Å². The monoisotopic (exact) mass is 550 g/mol. The lowest BCUT2D eigenvalue weighted by molar-refractivity contribution is 0.395. The van der Waals surface area contributed by atoms with E-state index in [1.165, 1.54) is 66.1 Å². The zero-order valence-electron chi connectivity index (χ0n) is 24.7. The highest BCUT2D eigenvalue weighted by Gasteiger charge is 2.45. The molecule has 0 spiro atoms. The van der Waals surface area contributed by atoms with E-state index in [2.05, 4.69) is 160 Å². The van der Waals surface area contributed by atoms with E-state index < -0.39 is 0 Å². The van der Waals surface area contributed by atoms with Gasteiger partial charge in [0.05, 0.1) is 0 Å². The summed E-state index contributed by atoms with van der Waals surface area (Å²) in [5.74, 6) is 1.67. The van der Waals surface area contributed by atoms with Crippen LogP contribution in [0.3, 0.4) is 0 Å². The lowest BCUT2D eigenvalue weighted by Gasteiger charge is -2.32. The van der Waals surface area contributed by atoms with Gasteiger partial charge in [-0.1, -0.05) is 147 Å². The topological polar surface area (TPSA) is 0 Å². The molecule has 0 heteroatoms. The van der Waals surface area contributed by atoms with Gasteiger partial charge < -0.3 is 0 Å². The highest BCUT2D eigenvalue weighted by molar-refractivity contribution is 6.01. The van der Waals surface area contributed by atoms with Crippen LogP contribution in [0.2, 0.25) is 0 Å². The third-order valence-electron chi connectivity index (χ3n) is 10.7. The standard InChI is InChI=1S/C43H34/c1-43(2)40-25-31(30-17-15-27-9-3-4-11-29(27)23-30)19-21-36(40)37-22-20-32(26-41(37)43)39-24-33-18-16-28-10-5-6-12-34(28)42(33)38-14-8-7-13-35(38)39/h3-26,28,34,37,41H,1-2H3. The molecule has 4 unspecified atom stereocenters. The molecule has 0 saturated carbocycles. The van der Waals surface area contributed by atoms with Gasteiger partial charge in [0.1, 0.15) is 0 Å². The summed E-state index contributed by atoms with van der Waals surface area (Å²) in [4.78, 5) is 0. The van der Waals surface area contributed by atoms with Gasteiger partial charge in [0, 0.05) is 17.8 Å². The van der Waals surface area contributed by atoms with Gasteiger partial charge in [-0.25, -0.2) is 0 Å². The van der Waals surface area contributed by atoms with Crippen LogP contribution in [0.25, 0.3) is 44.3 Å². The summed E-state index contributed by atoms with van der Waals surface area (Å²) >= 11 is 0. The molecule has 0 saturated heterocycles. The Kier molecular flexibility index (Phi) is 5.30. The van der Waals surface area contributed by atoms with Crippen molar-refractivity contribution in [3.8, 4) is 11.1 Å². The van der Waals surface area contributed by atoms with E-state index in [1.807, 2.05) is 0 Å². The Morgan fingerprint density at radius 3 is 2.28 bits per heavy atom. The average molecular weight is 551 g/mol. The maximum Gasteiger partial charge on any atom is 0.0131 e. The molecule has 0 aromatic heterocycles. The summed E-state index contributed by atoms with van der Waals surface area (Å²) in [5, 5.41) is 5.33. The average Bonchev–Trinajstić information content (AvgIpc) is 3.29. The Balaban J connectivity index is 1.14. The van der Waals surface area contributed by atoms with Crippen LogP contribution < -0.4 is 0 Å². The van der Waals surface area contributed by atoms with Crippen molar-refractivity contribution in [2.45, 2.75) is 31.1 Å². The van der Waals surface area contributed by atoms with Crippen LogP contribution in [-0.4, -0.2) is 0 Å². The van der Waals surface area contributed by atoms with Gasteiger partial charge in [-0.2, -0.15) is 0 Å². The van der Waals surface area contributed by atoms with Gasteiger partial charge in [-0.3, -0.25) is 0 Å². The molecule has 0 amide bonds. The minimum atomic E-state index is 0.0270. The summed E-state index contributed by atoms with van der Waals surface area (Å²) in [6, 6.07) is 34.2. The molecule has 206 valence electrons. The van der Waals surface area contributed by atoms with Crippen LogP contribution in [-0.2, 0) is 5.41 Å². The predicted molar refractivity (Wildman–Crippen MR) is 183 cm³/mol. The van der Waals surface area contributed by atoms with Gasteiger partial charge >= 0.3 is 0 Å². The molecule has 0 nitrogen and oxygen atoms in total. The van der Waals surface area contributed by atoms with Crippen molar-refractivity contribution < 1.29 is 0 Å². The third kappa shape index (κ3) is 3.69. The van der Waals surface area contributed by atoms with E-state index in [1.54, 1.807) is 0 Å². The summed E-state index contributed by atoms with van der Waals surface area (Å²) in [7, 11) is 0. The fraction of sp³-hybridized carbons (Fsp3) is 0.163. The Morgan fingerprint density at radius 2 is 1.37 bits per heavy atom. The first-order chi connectivity index (χ1) is 21.1. The maximum atomic E-state index is 2.59. The second kappa shape index (κ2) is 9.16. The lowest BCUT2D eigenvalue weighted by Crippen LogP contribution is -2.25. The Labute approximate surface area is 254 Å². The van der Waals surface area contributed by atoms with Crippen LogP contribution >= 0.6 is 0 Å². The first-order valence-corrected chi connectivity index (χ1v) is 15.7. The zero-order valence-corrected chi connectivity index (χ0v) is 24.7. The number of allylic oxidation sites excluding steroid dienone is 9. The first-order valence-electron chi connectivity index (χ1n) is 15.7.